The van der Waals surface area contributed by atoms with E-state index in [1.807, 2.05) is 0 Å². The van der Waals surface area contributed by atoms with Crippen LogP contribution in [-0.4, -0.2) is 4.57 Å². The van der Waals surface area contributed by atoms with E-state index in [-0.39, 0.29) is 0 Å². The van der Waals surface area contributed by atoms with Crippen molar-refractivity contribution in [3.05, 3.63) is 218 Å². The van der Waals surface area contributed by atoms with E-state index in [9.17, 15) is 0 Å². The van der Waals surface area contributed by atoms with Gasteiger partial charge in [0.05, 0.1) is 11.0 Å². The van der Waals surface area contributed by atoms with Gasteiger partial charge in [-0.15, -0.1) is 0 Å². The van der Waals surface area contributed by atoms with Crippen LogP contribution in [0.2, 0.25) is 0 Å². The van der Waals surface area contributed by atoms with E-state index in [1.54, 1.807) is 0 Å². The maximum atomic E-state index is 2.39. The molecule has 254 valence electrons. The van der Waals surface area contributed by atoms with Gasteiger partial charge in [0.15, 0.2) is 0 Å². The van der Waals surface area contributed by atoms with Crippen LogP contribution in [0.1, 0.15) is 0 Å². The third kappa shape index (κ3) is 5.53. The molecule has 1 aromatic heterocycles. The molecule has 0 bridgehead atoms. The lowest BCUT2D eigenvalue weighted by Gasteiger charge is -2.26. The van der Waals surface area contributed by atoms with Gasteiger partial charge in [0, 0.05) is 33.5 Å². The summed E-state index contributed by atoms with van der Waals surface area (Å²) in [5.74, 6) is 0. The fourth-order valence-electron chi connectivity index (χ4n) is 8.05. The number of hydrogen-bond acceptors (Lipinski definition) is 1. The number of benzene rings is 9. The zero-order chi connectivity index (χ0) is 35.8. The van der Waals surface area contributed by atoms with Crippen molar-refractivity contribution in [2.75, 3.05) is 4.90 Å². The zero-order valence-electron chi connectivity index (χ0n) is 29.7. The van der Waals surface area contributed by atoms with Crippen molar-refractivity contribution < 1.29 is 0 Å². The van der Waals surface area contributed by atoms with E-state index < -0.39 is 0 Å². The molecule has 0 atom stereocenters. The van der Waals surface area contributed by atoms with E-state index in [2.05, 4.69) is 228 Å². The number of anilines is 3. The van der Waals surface area contributed by atoms with Gasteiger partial charge in [-0.2, -0.15) is 0 Å². The second-order valence-electron chi connectivity index (χ2n) is 13.8. The molecule has 0 unspecified atom stereocenters. The fraction of sp³-hybridized carbons (Fsp3) is 0. The van der Waals surface area contributed by atoms with E-state index in [0.717, 1.165) is 22.7 Å². The molecule has 9 aromatic carbocycles. The molecule has 0 aliphatic carbocycles. The monoisotopic (exact) mass is 688 g/mol. The number of aromatic nitrogens is 1. The largest absolute Gasteiger partial charge is 0.311 e. The molecule has 2 heteroatoms. The molecule has 0 saturated carbocycles. The Balaban J connectivity index is 1.04. The molecule has 0 spiro atoms. The van der Waals surface area contributed by atoms with Crippen LogP contribution in [0.25, 0.3) is 71.6 Å². The smallest absolute Gasteiger partial charge is 0.0547 e. The third-order valence-electron chi connectivity index (χ3n) is 10.6. The van der Waals surface area contributed by atoms with Crippen molar-refractivity contribution in [3.8, 4) is 39.1 Å². The summed E-state index contributed by atoms with van der Waals surface area (Å²) >= 11 is 0. The van der Waals surface area contributed by atoms with Crippen LogP contribution in [0.15, 0.2) is 218 Å². The molecular weight excluding hydrogens is 653 g/mol. The third-order valence-corrected chi connectivity index (χ3v) is 10.6. The Morgan fingerprint density at radius 3 is 1.61 bits per heavy atom. The van der Waals surface area contributed by atoms with Gasteiger partial charge in [-0.25, -0.2) is 0 Å². The lowest BCUT2D eigenvalue weighted by atomic mass is 9.92. The van der Waals surface area contributed by atoms with Crippen molar-refractivity contribution in [3.63, 3.8) is 0 Å². The number of nitrogens with zero attached hydrogens (tertiary/aromatic N) is 2. The molecule has 0 aliphatic rings. The molecule has 2 nitrogen and oxygen atoms in total. The van der Waals surface area contributed by atoms with Gasteiger partial charge >= 0.3 is 0 Å². The first kappa shape index (κ1) is 31.6. The van der Waals surface area contributed by atoms with Crippen LogP contribution in [0.4, 0.5) is 17.1 Å². The first-order chi connectivity index (χ1) is 26.8. The van der Waals surface area contributed by atoms with E-state index in [0.29, 0.717) is 0 Å². The predicted molar refractivity (Wildman–Crippen MR) is 229 cm³/mol. The van der Waals surface area contributed by atoms with Crippen LogP contribution in [-0.2, 0) is 0 Å². The average Bonchev–Trinajstić information content (AvgIpc) is 3.59. The number of rotatable bonds is 7. The summed E-state index contributed by atoms with van der Waals surface area (Å²) in [6, 6.07) is 78.8. The molecule has 1 heterocycles. The lowest BCUT2D eigenvalue weighted by molar-refractivity contribution is 1.18. The van der Waals surface area contributed by atoms with Crippen molar-refractivity contribution >= 4 is 49.6 Å². The lowest BCUT2D eigenvalue weighted by Crippen LogP contribution is -2.09. The van der Waals surface area contributed by atoms with Gasteiger partial charge in [-0.3, -0.25) is 0 Å². The Hall–Kier alpha value is -7.16. The van der Waals surface area contributed by atoms with Gasteiger partial charge < -0.3 is 9.47 Å². The van der Waals surface area contributed by atoms with Gasteiger partial charge in [0.2, 0.25) is 0 Å². The molecule has 0 N–H and O–H groups in total. The Morgan fingerprint density at radius 2 is 0.852 bits per heavy atom. The maximum absolute atomic E-state index is 2.39. The number of hydrogen-bond donors (Lipinski definition) is 0. The summed E-state index contributed by atoms with van der Waals surface area (Å²) in [5.41, 5.74) is 14.2. The summed E-state index contributed by atoms with van der Waals surface area (Å²) in [6.45, 7) is 0. The summed E-state index contributed by atoms with van der Waals surface area (Å²) < 4.78 is 2.39. The molecule has 0 saturated heterocycles. The van der Waals surface area contributed by atoms with Crippen molar-refractivity contribution in [1.29, 1.82) is 0 Å². The molecule has 0 amide bonds. The van der Waals surface area contributed by atoms with Crippen molar-refractivity contribution in [1.82, 2.24) is 4.57 Å². The Bertz CT molecular complexity index is 2910. The molecule has 0 radical (unpaired) electrons. The first-order valence-electron chi connectivity index (χ1n) is 18.5. The van der Waals surface area contributed by atoms with Gasteiger partial charge in [-0.05, 0) is 111 Å². The highest BCUT2D eigenvalue weighted by Gasteiger charge is 2.18. The van der Waals surface area contributed by atoms with Gasteiger partial charge in [0.1, 0.15) is 0 Å². The molecule has 0 fully saturated rings. The Labute approximate surface area is 315 Å². The first-order valence-corrected chi connectivity index (χ1v) is 18.5. The van der Waals surface area contributed by atoms with Gasteiger partial charge in [0.25, 0.3) is 0 Å². The minimum atomic E-state index is 1.11. The SMILES string of the molecule is c1ccc(N(c2ccc(-c3ccc4ccccc4c3)cc2)c2ccc(-c3ccccc3-c3cccc4c3c3ccccc3n4-c3ccccc3)cc2)cc1. The summed E-state index contributed by atoms with van der Waals surface area (Å²) in [4.78, 5) is 2.33. The zero-order valence-corrected chi connectivity index (χ0v) is 29.7. The second-order valence-corrected chi connectivity index (χ2v) is 13.8. The number of fused-ring (bicyclic) bond motifs is 4. The minimum Gasteiger partial charge on any atom is -0.311 e. The van der Waals surface area contributed by atoms with Crippen molar-refractivity contribution in [2.45, 2.75) is 0 Å². The van der Waals surface area contributed by atoms with Crippen LogP contribution < -0.4 is 4.90 Å². The van der Waals surface area contributed by atoms with E-state index in [1.165, 1.54) is 66.0 Å². The Morgan fingerprint density at radius 1 is 0.315 bits per heavy atom. The molecule has 0 aliphatic heterocycles. The van der Waals surface area contributed by atoms with E-state index in [4.69, 9.17) is 0 Å². The normalized spacial score (nSPS) is 11.3. The van der Waals surface area contributed by atoms with Gasteiger partial charge in [-0.1, -0.05) is 152 Å². The standard InChI is InChI=1S/C52H36N2/c1-3-16-42(17-4-1)53(44-32-28-38(29-33-44)41-27-26-37-14-7-8-15-40(37)36-41)45-34-30-39(31-35-45)46-20-9-10-21-47(46)48-23-13-25-51-52(48)49-22-11-12-24-50(49)54(51)43-18-5-2-6-19-43/h1-36H. The maximum Gasteiger partial charge on any atom is 0.0547 e. The van der Waals surface area contributed by atoms with Crippen LogP contribution >= 0.6 is 0 Å². The molecular formula is C52H36N2. The summed E-state index contributed by atoms with van der Waals surface area (Å²) in [5, 5.41) is 5.03. The topological polar surface area (TPSA) is 8.17 Å². The fourth-order valence-corrected chi connectivity index (χ4v) is 8.05. The highest BCUT2D eigenvalue weighted by molar-refractivity contribution is 6.16. The highest BCUT2D eigenvalue weighted by atomic mass is 15.1. The summed E-state index contributed by atoms with van der Waals surface area (Å²) in [7, 11) is 0. The second kappa shape index (κ2) is 13.4. The molecule has 10 aromatic rings. The number of para-hydroxylation sites is 3. The van der Waals surface area contributed by atoms with Crippen LogP contribution in [0.5, 0.6) is 0 Å². The average molecular weight is 689 g/mol. The Kier molecular flexibility index (Phi) is 7.85. The van der Waals surface area contributed by atoms with Crippen LogP contribution in [0.3, 0.4) is 0 Å². The quantitative estimate of drug-likeness (QED) is 0.162. The van der Waals surface area contributed by atoms with Crippen molar-refractivity contribution in [2.24, 2.45) is 0 Å². The molecule has 10 rings (SSSR count). The molecule has 54 heavy (non-hydrogen) atoms. The predicted octanol–water partition coefficient (Wildman–Crippen LogP) is 14.4. The highest BCUT2D eigenvalue weighted by Crippen LogP contribution is 2.43. The van der Waals surface area contributed by atoms with Crippen LogP contribution in [0, 0.1) is 0 Å². The summed E-state index contributed by atoms with van der Waals surface area (Å²) in [6.07, 6.45) is 0. The van der Waals surface area contributed by atoms with E-state index >= 15 is 0 Å². The minimum absolute atomic E-state index is 1.11.